The van der Waals surface area contributed by atoms with E-state index in [0.717, 1.165) is 31.1 Å². The number of anilines is 1. The number of nitrogens with zero attached hydrogens (tertiary/aromatic N) is 4. The van der Waals surface area contributed by atoms with Crippen molar-refractivity contribution in [1.29, 1.82) is 0 Å². The normalized spacial score (nSPS) is 15.5. The largest absolute Gasteiger partial charge is 0.338 e. The van der Waals surface area contributed by atoms with Gasteiger partial charge in [0.2, 0.25) is 17.6 Å². The fourth-order valence-corrected chi connectivity index (χ4v) is 3.85. The predicted octanol–water partition coefficient (Wildman–Crippen LogP) is 3.00. The van der Waals surface area contributed by atoms with E-state index in [1.165, 1.54) is 6.07 Å². The number of benzene rings is 1. The van der Waals surface area contributed by atoms with Crippen molar-refractivity contribution in [1.82, 2.24) is 19.9 Å². The minimum Gasteiger partial charge on any atom is -0.338 e. The van der Waals surface area contributed by atoms with Crippen LogP contribution in [0.1, 0.15) is 11.5 Å². The molecule has 1 aliphatic rings. The maximum Gasteiger partial charge on any atom is 0.241 e. The number of rotatable bonds is 6. The quantitative estimate of drug-likeness (QED) is 0.667. The molecule has 1 amide bonds. The van der Waals surface area contributed by atoms with Gasteiger partial charge in [-0.3, -0.25) is 14.6 Å². The van der Waals surface area contributed by atoms with Gasteiger partial charge >= 0.3 is 0 Å². The van der Waals surface area contributed by atoms with Crippen molar-refractivity contribution in [2.24, 2.45) is 0 Å². The van der Waals surface area contributed by atoms with Crippen LogP contribution in [0.3, 0.4) is 0 Å². The Bertz CT molecular complexity index is 967. The summed E-state index contributed by atoms with van der Waals surface area (Å²) in [4.78, 5) is 22.0. The van der Waals surface area contributed by atoms with Gasteiger partial charge in [-0.15, -0.1) is 11.3 Å². The second-order valence-corrected chi connectivity index (χ2v) is 8.00. The molecule has 7 nitrogen and oxygen atoms in total. The van der Waals surface area contributed by atoms with E-state index in [9.17, 15) is 9.18 Å². The fraction of sp³-hybridized carbons (Fsp3) is 0.350. The van der Waals surface area contributed by atoms with Crippen LogP contribution in [0.25, 0.3) is 10.7 Å². The standard InChI is InChI=1S/C20H22FN5O2S/c1-14-4-5-15(11-16(14)21)22-18(27)12-25-6-8-26(9-7-25)13-19-23-20(24-28-19)17-3-2-10-29-17/h2-5,10-11H,6-9,12-13H2,1H3,(H,22,27). The number of carbonyl (C=O) groups is 1. The monoisotopic (exact) mass is 415 g/mol. The third-order valence-electron chi connectivity index (χ3n) is 4.86. The Kier molecular flexibility index (Phi) is 5.98. The summed E-state index contributed by atoms with van der Waals surface area (Å²) in [5.74, 6) is 0.762. The minimum atomic E-state index is -0.320. The summed E-state index contributed by atoms with van der Waals surface area (Å²) in [5.41, 5.74) is 1.04. The Balaban J connectivity index is 1.23. The Morgan fingerprint density at radius 1 is 1.24 bits per heavy atom. The first-order valence-corrected chi connectivity index (χ1v) is 10.3. The zero-order valence-electron chi connectivity index (χ0n) is 16.1. The van der Waals surface area contributed by atoms with Gasteiger partial charge in [0.05, 0.1) is 18.0 Å². The molecule has 1 aromatic carbocycles. The van der Waals surface area contributed by atoms with Crippen molar-refractivity contribution in [3.05, 3.63) is 53.0 Å². The molecular formula is C20H22FN5O2S. The van der Waals surface area contributed by atoms with Crippen LogP contribution in [0.4, 0.5) is 10.1 Å². The van der Waals surface area contributed by atoms with Gasteiger partial charge in [-0.05, 0) is 36.1 Å². The molecule has 0 radical (unpaired) electrons. The lowest BCUT2D eigenvalue weighted by Gasteiger charge is -2.33. The zero-order valence-corrected chi connectivity index (χ0v) is 16.9. The second kappa shape index (κ2) is 8.81. The summed E-state index contributed by atoms with van der Waals surface area (Å²) in [6.07, 6.45) is 0. The maximum atomic E-state index is 13.6. The molecule has 1 fully saturated rings. The summed E-state index contributed by atoms with van der Waals surface area (Å²) in [5, 5.41) is 8.78. The first-order chi connectivity index (χ1) is 14.1. The number of piperazine rings is 1. The molecule has 152 valence electrons. The Morgan fingerprint density at radius 3 is 2.76 bits per heavy atom. The van der Waals surface area contributed by atoms with Gasteiger partial charge in [0, 0.05) is 31.9 Å². The van der Waals surface area contributed by atoms with Crippen LogP contribution >= 0.6 is 11.3 Å². The number of aryl methyl sites for hydroxylation is 1. The lowest BCUT2D eigenvalue weighted by molar-refractivity contribution is -0.117. The van der Waals surface area contributed by atoms with Gasteiger partial charge in [0.1, 0.15) is 5.82 Å². The molecule has 29 heavy (non-hydrogen) atoms. The van der Waals surface area contributed by atoms with Crippen LogP contribution in [-0.4, -0.2) is 58.6 Å². The van der Waals surface area contributed by atoms with Crippen molar-refractivity contribution in [3.8, 4) is 10.7 Å². The predicted molar refractivity (Wildman–Crippen MR) is 109 cm³/mol. The third kappa shape index (κ3) is 5.06. The number of hydrogen-bond acceptors (Lipinski definition) is 7. The molecule has 0 unspecified atom stereocenters. The van der Waals surface area contributed by atoms with Crippen LogP contribution in [0.2, 0.25) is 0 Å². The lowest BCUT2D eigenvalue weighted by atomic mass is 10.2. The Labute approximate surface area is 172 Å². The average Bonchev–Trinajstić information content (AvgIpc) is 3.38. The van der Waals surface area contributed by atoms with Gasteiger partial charge in [-0.1, -0.05) is 17.3 Å². The molecule has 0 saturated carbocycles. The first-order valence-electron chi connectivity index (χ1n) is 9.44. The van der Waals surface area contributed by atoms with Gasteiger partial charge in [-0.25, -0.2) is 4.39 Å². The number of nitrogens with one attached hydrogen (secondary N) is 1. The summed E-state index contributed by atoms with van der Waals surface area (Å²) in [6.45, 7) is 5.72. The van der Waals surface area contributed by atoms with E-state index >= 15 is 0 Å². The molecule has 0 spiro atoms. The van der Waals surface area contributed by atoms with Gasteiger partial charge < -0.3 is 9.84 Å². The van der Waals surface area contributed by atoms with E-state index in [2.05, 4.69) is 25.3 Å². The number of amides is 1. The Morgan fingerprint density at radius 2 is 2.03 bits per heavy atom. The second-order valence-electron chi connectivity index (χ2n) is 7.05. The average molecular weight is 415 g/mol. The zero-order chi connectivity index (χ0) is 20.2. The van der Waals surface area contributed by atoms with Crippen molar-refractivity contribution in [3.63, 3.8) is 0 Å². The smallest absolute Gasteiger partial charge is 0.241 e. The number of hydrogen-bond donors (Lipinski definition) is 1. The van der Waals surface area contributed by atoms with Crippen molar-refractivity contribution >= 4 is 22.9 Å². The van der Waals surface area contributed by atoms with Crippen LogP contribution in [0.15, 0.2) is 40.2 Å². The Hall–Kier alpha value is -2.62. The highest BCUT2D eigenvalue weighted by Crippen LogP contribution is 2.21. The number of halogens is 1. The summed E-state index contributed by atoms with van der Waals surface area (Å²) < 4.78 is 19.0. The highest BCUT2D eigenvalue weighted by atomic mass is 32.1. The van der Waals surface area contributed by atoms with Crippen molar-refractivity contribution < 1.29 is 13.7 Å². The molecule has 2 aromatic heterocycles. The van der Waals surface area contributed by atoms with E-state index < -0.39 is 0 Å². The van der Waals surface area contributed by atoms with E-state index in [1.807, 2.05) is 17.5 Å². The molecule has 0 bridgehead atoms. The van der Waals surface area contributed by atoms with E-state index in [-0.39, 0.29) is 18.3 Å². The highest BCUT2D eigenvalue weighted by molar-refractivity contribution is 7.13. The molecule has 1 saturated heterocycles. The van der Waals surface area contributed by atoms with Crippen LogP contribution in [0.5, 0.6) is 0 Å². The molecule has 9 heteroatoms. The molecule has 1 aliphatic heterocycles. The van der Waals surface area contributed by atoms with E-state index in [1.54, 1.807) is 30.4 Å². The number of thiophene rings is 1. The van der Waals surface area contributed by atoms with Crippen LogP contribution in [0, 0.1) is 12.7 Å². The molecule has 0 atom stereocenters. The van der Waals surface area contributed by atoms with E-state index in [4.69, 9.17) is 4.52 Å². The third-order valence-corrected chi connectivity index (χ3v) is 5.72. The lowest BCUT2D eigenvalue weighted by Crippen LogP contribution is -2.48. The molecule has 4 rings (SSSR count). The van der Waals surface area contributed by atoms with Crippen molar-refractivity contribution in [2.75, 3.05) is 38.0 Å². The fourth-order valence-electron chi connectivity index (χ4n) is 3.20. The molecular weight excluding hydrogens is 393 g/mol. The summed E-state index contributed by atoms with van der Waals surface area (Å²) >= 11 is 1.58. The molecule has 0 aliphatic carbocycles. The number of carbonyl (C=O) groups excluding carboxylic acids is 1. The van der Waals surface area contributed by atoms with E-state index in [0.29, 0.717) is 29.5 Å². The SMILES string of the molecule is Cc1ccc(NC(=O)CN2CCN(Cc3nc(-c4cccs4)no3)CC2)cc1F. The topological polar surface area (TPSA) is 74.5 Å². The van der Waals surface area contributed by atoms with Gasteiger partial charge in [-0.2, -0.15) is 4.98 Å². The molecule has 3 heterocycles. The summed E-state index contributed by atoms with van der Waals surface area (Å²) in [7, 11) is 0. The number of aromatic nitrogens is 2. The van der Waals surface area contributed by atoms with Crippen LogP contribution < -0.4 is 5.32 Å². The molecule has 1 N–H and O–H groups in total. The minimum absolute atomic E-state index is 0.140. The first kappa shape index (κ1) is 19.7. The summed E-state index contributed by atoms with van der Waals surface area (Å²) in [6, 6.07) is 8.64. The highest BCUT2D eigenvalue weighted by Gasteiger charge is 2.21. The maximum absolute atomic E-state index is 13.6. The van der Waals surface area contributed by atoms with Crippen molar-refractivity contribution in [2.45, 2.75) is 13.5 Å². The van der Waals surface area contributed by atoms with Gasteiger partial charge in [0.15, 0.2) is 0 Å². The van der Waals surface area contributed by atoms with Gasteiger partial charge in [0.25, 0.3) is 0 Å². The molecule has 3 aromatic rings. The van der Waals surface area contributed by atoms with Crippen LogP contribution in [-0.2, 0) is 11.3 Å².